The number of aliphatic carboxylic acids is 1. The highest BCUT2D eigenvalue weighted by atomic mass is 19.1. The van der Waals surface area contributed by atoms with Crippen LogP contribution in [0.3, 0.4) is 0 Å². The Labute approximate surface area is 111 Å². The summed E-state index contributed by atoms with van der Waals surface area (Å²) in [5.41, 5.74) is -0.790. The van der Waals surface area contributed by atoms with Crippen molar-refractivity contribution in [2.24, 2.45) is 0 Å². The molecule has 7 heteroatoms. The molecule has 0 spiro atoms. The van der Waals surface area contributed by atoms with Gasteiger partial charge in [0, 0.05) is 7.11 Å². The number of hydrogen-bond acceptors (Lipinski definition) is 4. The van der Waals surface area contributed by atoms with Crippen molar-refractivity contribution >= 4 is 12.1 Å². The Kier molecular flexibility index (Phi) is 4.73. The predicted molar refractivity (Wildman–Crippen MR) is 64.4 cm³/mol. The fraction of sp³-hybridized carbons (Fsp3) is 0.833. The van der Waals surface area contributed by atoms with Gasteiger partial charge in [0.1, 0.15) is 17.8 Å². The molecule has 1 aliphatic heterocycles. The molecule has 1 saturated heterocycles. The van der Waals surface area contributed by atoms with Crippen LogP contribution in [0.5, 0.6) is 0 Å². The van der Waals surface area contributed by atoms with Gasteiger partial charge < -0.3 is 14.6 Å². The minimum atomic E-state index is -1.42. The minimum Gasteiger partial charge on any atom is -0.480 e. The van der Waals surface area contributed by atoms with E-state index in [9.17, 15) is 14.0 Å². The first kappa shape index (κ1) is 15.7. The van der Waals surface area contributed by atoms with E-state index in [1.54, 1.807) is 20.8 Å². The number of methoxy groups -OCH3 is 1. The molecule has 0 aromatic carbocycles. The molecule has 0 radical (unpaired) electrons. The monoisotopic (exact) mass is 277 g/mol. The van der Waals surface area contributed by atoms with Crippen LogP contribution in [0.4, 0.5) is 9.18 Å². The fourth-order valence-corrected chi connectivity index (χ4v) is 2.00. The van der Waals surface area contributed by atoms with E-state index < -0.39 is 36.1 Å². The van der Waals surface area contributed by atoms with Gasteiger partial charge in [-0.15, -0.1) is 0 Å². The van der Waals surface area contributed by atoms with Gasteiger partial charge in [-0.3, -0.25) is 4.90 Å². The first-order valence-electron chi connectivity index (χ1n) is 6.08. The van der Waals surface area contributed by atoms with Crippen molar-refractivity contribution in [1.29, 1.82) is 0 Å². The van der Waals surface area contributed by atoms with E-state index >= 15 is 0 Å². The van der Waals surface area contributed by atoms with Crippen LogP contribution < -0.4 is 0 Å². The van der Waals surface area contributed by atoms with Crippen molar-refractivity contribution in [2.75, 3.05) is 7.11 Å². The lowest BCUT2D eigenvalue weighted by Crippen LogP contribution is -2.59. The lowest BCUT2D eigenvalue weighted by Gasteiger charge is -2.41. The number of carbonyl (C=O) groups is 2. The highest BCUT2D eigenvalue weighted by Crippen LogP contribution is 2.28. The van der Waals surface area contributed by atoms with Crippen LogP contribution in [0, 0.1) is 0 Å². The van der Waals surface area contributed by atoms with Gasteiger partial charge in [0.15, 0.2) is 6.23 Å². The summed E-state index contributed by atoms with van der Waals surface area (Å²) < 4.78 is 23.8. The number of piperidine rings is 1. The summed E-state index contributed by atoms with van der Waals surface area (Å²) in [5, 5.41) is 9.13. The van der Waals surface area contributed by atoms with Gasteiger partial charge in [0.05, 0.1) is 0 Å². The second kappa shape index (κ2) is 5.73. The quantitative estimate of drug-likeness (QED) is 0.832. The molecular weight excluding hydrogens is 257 g/mol. The van der Waals surface area contributed by atoms with Gasteiger partial charge in [-0.25, -0.2) is 14.0 Å². The highest BCUT2D eigenvalue weighted by Gasteiger charge is 2.45. The predicted octanol–water partition coefficient (Wildman–Crippen LogP) is 1.78. The molecule has 0 aromatic rings. The Morgan fingerprint density at radius 3 is 2.32 bits per heavy atom. The smallest absolute Gasteiger partial charge is 0.413 e. The molecule has 6 nitrogen and oxygen atoms in total. The van der Waals surface area contributed by atoms with Crippen LogP contribution in [0.25, 0.3) is 0 Å². The largest absolute Gasteiger partial charge is 0.480 e. The number of likely N-dealkylation sites (tertiary alicyclic amines) is 1. The maximum Gasteiger partial charge on any atom is 0.413 e. The average molecular weight is 277 g/mol. The van der Waals surface area contributed by atoms with E-state index in [1.165, 1.54) is 7.11 Å². The maximum absolute atomic E-state index is 13.8. The molecule has 1 heterocycles. The normalized spacial score (nSPS) is 28.1. The number of carboxylic acids is 1. The Balaban J connectivity index is 2.98. The number of halogens is 1. The van der Waals surface area contributed by atoms with Crippen LogP contribution in [0.1, 0.15) is 33.6 Å². The lowest BCUT2D eigenvalue weighted by molar-refractivity contribution is -0.160. The van der Waals surface area contributed by atoms with Gasteiger partial charge in [0.25, 0.3) is 0 Å². The third-order valence-electron chi connectivity index (χ3n) is 2.77. The Bertz CT molecular complexity index is 355. The summed E-state index contributed by atoms with van der Waals surface area (Å²) >= 11 is 0. The number of ether oxygens (including phenoxy) is 2. The van der Waals surface area contributed by atoms with E-state index in [4.69, 9.17) is 14.6 Å². The molecule has 0 aliphatic carbocycles. The number of nitrogens with zero attached hydrogens (tertiary/aromatic N) is 1. The van der Waals surface area contributed by atoms with Gasteiger partial charge in [-0.2, -0.15) is 0 Å². The van der Waals surface area contributed by atoms with E-state index in [0.29, 0.717) is 0 Å². The van der Waals surface area contributed by atoms with Crippen molar-refractivity contribution < 1.29 is 28.6 Å². The van der Waals surface area contributed by atoms with E-state index in [1.807, 2.05) is 0 Å². The number of alkyl halides is 1. The molecule has 110 valence electrons. The fourth-order valence-electron chi connectivity index (χ4n) is 2.00. The molecule has 1 fully saturated rings. The van der Waals surface area contributed by atoms with Crippen LogP contribution in [0.2, 0.25) is 0 Å². The van der Waals surface area contributed by atoms with Crippen molar-refractivity contribution in [3.8, 4) is 0 Å². The Morgan fingerprint density at radius 1 is 1.32 bits per heavy atom. The van der Waals surface area contributed by atoms with Crippen molar-refractivity contribution in [1.82, 2.24) is 4.90 Å². The third kappa shape index (κ3) is 3.79. The number of amides is 1. The van der Waals surface area contributed by atoms with Crippen molar-refractivity contribution in [3.05, 3.63) is 0 Å². The Hall–Kier alpha value is -1.37. The molecule has 0 bridgehead atoms. The van der Waals surface area contributed by atoms with Crippen LogP contribution in [-0.4, -0.2) is 53.2 Å². The second-order valence-electron chi connectivity index (χ2n) is 5.46. The van der Waals surface area contributed by atoms with Gasteiger partial charge in [-0.05, 0) is 33.6 Å². The number of rotatable bonds is 2. The van der Waals surface area contributed by atoms with E-state index in [0.717, 1.165) is 4.90 Å². The molecular formula is C12H20FNO5. The topological polar surface area (TPSA) is 76.1 Å². The van der Waals surface area contributed by atoms with Crippen molar-refractivity contribution in [3.63, 3.8) is 0 Å². The summed E-state index contributed by atoms with van der Waals surface area (Å²) in [7, 11) is 1.23. The summed E-state index contributed by atoms with van der Waals surface area (Å²) in [5.74, 6) is -1.19. The van der Waals surface area contributed by atoms with Gasteiger partial charge in [0.2, 0.25) is 0 Å². The Morgan fingerprint density at radius 2 is 1.89 bits per heavy atom. The summed E-state index contributed by atoms with van der Waals surface area (Å²) in [4.78, 5) is 24.0. The molecule has 1 rings (SSSR count). The summed E-state index contributed by atoms with van der Waals surface area (Å²) in [6, 6.07) is -1.13. The number of hydrogen-bond donors (Lipinski definition) is 1. The summed E-state index contributed by atoms with van der Waals surface area (Å²) in [6.07, 6.45) is -3.46. The van der Waals surface area contributed by atoms with Crippen molar-refractivity contribution in [2.45, 2.75) is 57.7 Å². The zero-order chi connectivity index (χ0) is 14.8. The van der Waals surface area contributed by atoms with Gasteiger partial charge >= 0.3 is 12.1 Å². The van der Waals surface area contributed by atoms with E-state index in [-0.39, 0.29) is 12.8 Å². The second-order valence-corrected chi connectivity index (χ2v) is 5.46. The number of carboxylic acid groups (broad SMARTS) is 1. The highest BCUT2D eigenvalue weighted by molar-refractivity contribution is 5.80. The third-order valence-corrected chi connectivity index (χ3v) is 2.77. The molecule has 19 heavy (non-hydrogen) atoms. The SMILES string of the molecule is COC1C(F)CCC(C(=O)O)N1C(=O)OC(C)(C)C. The van der Waals surface area contributed by atoms with Crippen LogP contribution >= 0.6 is 0 Å². The molecule has 1 amide bonds. The first-order valence-corrected chi connectivity index (χ1v) is 6.08. The van der Waals surface area contributed by atoms with Crippen LogP contribution in [-0.2, 0) is 14.3 Å². The standard InChI is InChI=1S/C12H20FNO5/c1-12(2,3)19-11(17)14-8(10(15)16)6-5-7(13)9(14)18-4/h7-9H,5-6H2,1-4H3,(H,15,16). The molecule has 0 saturated carbocycles. The van der Waals surface area contributed by atoms with Gasteiger partial charge in [-0.1, -0.05) is 0 Å². The van der Waals surface area contributed by atoms with Crippen LogP contribution in [0.15, 0.2) is 0 Å². The molecule has 1 aliphatic rings. The maximum atomic E-state index is 13.8. The zero-order valence-electron chi connectivity index (χ0n) is 11.6. The minimum absolute atomic E-state index is 0.0365. The molecule has 0 aromatic heterocycles. The molecule has 3 unspecified atom stereocenters. The number of carbonyl (C=O) groups excluding carboxylic acids is 1. The summed E-state index contributed by atoms with van der Waals surface area (Å²) in [6.45, 7) is 4.96. The molecule has 3 atom stereocenters. The molecule has 1 N–H and O–H groups in total. The average Bonchev–Trinajstić information content (AvgIpc) is 2.25. The zero-order valence-corrected chi connectivity index (χ0v) is 11.6. The first-order chi connectivity index (χ1) is 8.67. The lowest BCUT2D eigenvalue weighted by atomic mass is 10.00. The van der Waals surface area contributed by atoms with E-state index in [2.05, 4.69) is 0 Å².